The number of aromatic carboxylic acids is 1. The van der Waals surface area contributed by atoms with Crippen molar-refractivity contribution in [1.29, 1.82) is 0 Å². The summed E-state index contributed by atoms with van der Waals surface area (Å²) in [4.78, 5) is 11.2. The van der Waals surface area contributed by atoms with Crippen LogP contribution >= 0.6 is 0 Å². The van der Waals surface area contributed by atoms with Gasteiger partial charge in [-0.1, -0.05) is 0 Å². The molecule has 1 aromatic rings. The van der Waals surface area contributed by atoms with Gasteiger partial charge in [-0.3, -0.25) is 0 Å². The van der Waals surface area contributed by atoms with E-state index in [9.17, 15) is 18.3 Å². The van der Waals surface area contributed by atoms with E-state index in [1.807, 2.05) is 0 Å². The van der Waals surface area contributed by atoms with Gasteiger partial charge in [0, 0.05) is 24.9 Å². The topological polar surface area (TPSA) is 105 Å². The highest BCUT2D eigenvalue weighted by molar-refractivity contribution is 7.89. The van der Waals surface area contributed by atoms with Gasteiger partial charge in [-0.2, -0.15) is 0 Å². The highest BCUT2D eigenvalue weighted by Crippen LogP contribution is 2.21. The van der Waals surface area contributed by atoms with Crippen LogP contribution in [0.5, 0.6) is 0 Å². The fourth-order valence-electron chi connectivity index (χ4n) is 1.77. The summed E-state index contributed by atoms with van der Waals surface area (Å²) < 4.78 is 31.9. The standard InChI is InChI=1S/C14H22N2O5S/c1-14(2,3)16-22(19,20)10-5-6-12(15-7-8-21-4)11(9-10)13(17)18/h5-6,9,15-16H,7-8H2,1-4H3,(H,17,18). The smallest absolute Gasteiger partial charge is 0.337 e. The van der Waals surface area contributed by atoms with Crippen molar-refractivity contribution < 1.29 is 23.1 Å². The van der Waals surface area contributed by atoms with Gasteiger partial charge in [0.1, 0.15) is 0 Å². The van der Waals surface area contributed by atoms with Crippen molar-refractivity contribution in [2.75, 3.05) is 25.6 Å². The number of carboxylic acid groups (broad SMARTS) is 1. The number of ether oxygens (including phenoxy) is 1. The molecular weight excluding hydrogens is 308 g/mol. The highest BCUT2D eigenvalue weighted by Gasteiger charge is 2.23. The number of carbonyl (C=O) groups is 1. The molecule has 7 nitrogen and oxygen atoms in total. The third-order valence-corrected chi connectivity index (χ3v) is 4.35. The van der Waals surface area contributed by atoms with Crippen LogP contribution in [0.1, 0.15) is 31.1 Å². The Kier molecular flexibility index (Phi) is 5.92. The summed E-state index contributed by atoms with van der Waals surface area (Å²) in [5.41, 5.74) is -0.412. The first-order valence-corrected chi connectivity index (χ1v) is 8.19. The second-order valence-corrected chi connectivity index (χ2v) is 7.47. The normalized spacial score (nSPS) is 12.2. The molecule has 1 aromatic carbocycles. The lowest BCUT2D eigenvalue weighted by Crippen LogP contribution is -2.40. The number of nitrogens with one attached hydrogen (secondary N) is 2. The van der Waals surface area contributed by atoms with E-state index in [2.05, 4.69) is 10.0 Å². The molecule has 0 aliphatic heterocycles. The summed E-state index contributed by atoms with van der Waals surface area (Å²) in [5, 5.41) is 12.2. The number of hydrogen-bond acceptors (Lipinski definition) is 5. The molecule has 0 saturated carbocycles. The summed E-state index contributed by atoms with van der Waals surface area (Å²) in [6, 6.07) is 3.96. The van der Waals surface area contributed by atoms with Crippen molar-refractivity contribution >= 4 is 21.7 Å². The van der Waals surface area contributed by atoms with Crippen molar-refractivity contribution in [2.45, 2.75) is 31.2 Å². The molecule has 0 saturated heterocycles. The van der Waals surface area contributed by atoms with Gasteiger partial charge in [0.05, 0.1) is 17.1 Å². The zero-order valence-electron chi connectivity index (χ0n) is 13.1. The maximum atomic E-state index is 12.2. The minimum Gasteiger partial charge on any atom is -0.478 e. The molecule has 0 atom stereocenters. The molecule has 8 heteroatoms. The predicted octanol–water partition coefficient (Wildman–Crippen LogP) is 1.52. The van der Waals surface area contributed by atoms with Gasteiger partial charge in [0.15, 0.2) is 0 Å². The molecule has 0 amide bonds. The number of carboxylic acids is 1. The van der Waals surface area contributed by atoms with Gasteiger partial charge < -0.3 is 15.2 Å². The predicted molar refractivity (Wildman–Crippen MR) is 83.8 cm³/mol. The van der Waals surface area contributed by atoms with Gasteiger partial charge in [-0.05, 0) is 39.0 Å². The van der Waals surface area contributed by atoms with Crippen LogP contribution in [0, 0.1) is 0 Å². The molecule has 0 aliphatic carbocycles. The molecule has 22 heavy (non-hydrogen) atoms. The molecule has 3 N–H and O–H groups in total. The Hall–Kier alpha value is -1.64. The van der Waals surface area contributed by atoms with Gasteiger partial charge in [-0.15, -0.1) is 0 Å². The number of benzene rings is 1. The average molecular weight is 330 g/mol. The first-order chi connectivity index (χ1) is 10.1. The average Bonchev–Trinajstić information content (AvgIpc) is 2.36. The van der Waals surface area contributed by atoms with Gasteiger partial charge in [0.2, 0.25) is 10.0 Å². The quantitative estimate of drug-likeness (QED) is 0.655. The largest absolute Gasteiger partial charge is 0.478 e. The van der Waals surface area contributed by atoms with E-state index in [4.69, 9.17) is 4.74 Å². The van der Waals surface area contributed by atoms with E-state index < -0.39 is 21.5 Å². The maximum Gasteiger partial charge on any atom is 0.337 e. The van der Waals surface area contributed by atoms with E-state index in [0.29, 0.717) is 18.8 Å². The van der Waals surface area contributed by atoms with Gasteiger partial charge in [0.25, 0.3) is 0 Å². The van der Waals surface area contributed by atoms with E-state index in [1.54, 1.807) is 20.8 Å². The minimum atomic E-state index is -3.78. The van der Waals surface area contributed by atoms with Crippen LogP contribution < -0.4 is 10.0 Å². The number of methoxy groups -OCH3 is 1. The molecule has 0 bridgehead atoms. The molecule has 0 aliphatic rings. The first-order valence-electron chi connectivity index (χ1n) is 6.71. The summed E-state index contributed by atoms with van der Waals surface area (Å²) in [5.74, 6) is -1.20. The lowest BCUT2D eigenvalue weighted by atomic mass is 10.1. The van der Waals surface area contributed by atoms with Gasteiger partial charge >= 0.3 is 5.97 Å². The summed E-state index contributed by atoms with van der Waals surface area (Å²) in [6.45, 7) is 5.96. The Balaban J connectivity index is 3.15. The van der Waals surface area contributed by atoms with Crippen LogP contribution in [0.3, 0.4) is 0 Å². The second-order valence-electron chi connectivity index (χ2n) is 5.79. The van der Waals surface area contributed by atoms with E-state index in [-0.39, 0.29) is 10.5 Å². The third-order valence-electron chi connectivity index (χ3n) is 2.59. The number of sulfonamides is 1. The molecule has 124 valence electrons. The fraction of sp³-hybridized carbons (Fsp3) is 0.500. The van der Waals surface area contributed by atoms with Crippen LogP contribution in [0.2, 0.25) is 0 Å². The molecule has 0 spiro atoms. The van der Waals surface area contributed by atoms with Crippen LogP contribution in [-0.2, 0) is 14.8 Å². The van der Waals surface area contributed by atoms with Crippen LogP contribution in [-0.4, -0.2) is 45.3 Å². The SMILES string of the molecule is COCCNc1ccc(S(=O)(=O)NC(C)(C)C)cc1C(=O)O. The van der Waals surface area contributed by atoms with E-state index in [1.165, 1.54) is 19.2 Å². The lowest BCUT2D eigenvalue weighted by molar-refractivity contribution is 0.0697. The van der Waals surface area contributed by atoms with Crippen LogP contribution in [0.15, 0.2) is 23.1 Å². The monoisotopic (exact) mass is 330 g/mol. The first kappa shape index (κ1) is 18.4. The zero-order valence-corrected chi connectivity index (χ0v) is 14.0. The number of anilines is 1. The summed E-state index contributed by atoms with van der Waals surface area (Å²) >= 11 is 0. The van der Waals surface area contributed by atoms with Crippen LogP contribution in [0.25, 0.3) is 0 Å². The molecule has 0 fully saturated rings. The third kappa shape index (κ3) is 5.28. The van der Waals surface area contributed by atoms with Crippen molar-refractivity contribution in [1.82, 2.24) is 4.72 Å². The molecule has 0 aromatic heterocycles. The van der Waals surface area contributed by atoms with Crippen molar-refractivity contribution in [3.8, 4) is 0 Å². The Morgan fingerprint density at radius 2 is 1.95 bits per heavy atom. The van der Waals surface area contributed by atoms with E-state index in [0.717, 1.165) is 6.07 Å². The number of hydrogen-bond donors (Lipinski definition) is 3. The Labute approximate surface area is 130 Å². The second kappa shape index (κ2) is 7.08. The summed E-state index contributed by atoms with van der Waals surface area (Å²) in [6.07, 6.45) is 0. The van der Waals surface area contributed by atoms with Crippen LogP contribution in [0.4, 0.5) is 5.69 Å². The minimum absolute atomic E-state index is 0.0860. The molecule has 0 heterocycles. The van der Waals surface area contributed by atoms with Crippen molar-refractivity contribution in [3.05, 3.63) is 23.8 Å². The fourth-order valence-corrected chi connectivity index (χ4v) is 3.22. The van der Waals surface area contributed by atoms with Crippen molar-refractivity contribution in [3.63, 3.8) is 0 Å². The van der Waals surface area contributed by atoms with Crippen molar-refractivity contribution in [2.24, 2.45) is 0 Å². The Bertz CT molecular complexity index is 635. The molecular formula is C14H22N2O5S. The molecule has 0 unspecified atom stereocenters. The molecule has 0 radical (unpaired) electrons. The maximum absolute atomic E-state index is 12.2. The van der Waals surface area contributed by atoms with E-state index >= 15 is 0 Å². The zero-order chi connectivity index (χ0) is 17.0. The number of rotatable bonds is 7. The lowest BCUT2D eigenvalue weighted by Gasteiger charge is -2.20. The highest BCUT2D eigenvalue weighted by atomic mass is 32.2. The Morgan fingerprint density at radius 1 is 1.32 bits per heavy atom. The summed E-state index contributed by atoms with van der Waals surface area (Å²) in [7, 11) is -2.25. The Morgan fingerprint density at radius 3 is 2.45 bits per heavy atom. The van der Waals surface area contributed by atoms with Gasteiger partial charge in [-0.25, -0.2) is 17.9 Å². The molecule has 1 rings (SSSR count).